The fraction of sp³-hybridized carbons (Fsp3) is 0.846. The Hall–Kier alpha value is -1.30. The highest BCUT2D eigenvalue weighted by molar-refractivity contribution is 6.02. The van der Waals surface area contributed by atoms with E-state index in [-0.39, 0.29) is 17.8 Å². The van der Waals surface area contributed by atoms with Crippen molar-refractivity contribution >= 4 is 11.7 Å². The van der Waals surface area contributed by atoms with Gasteiger partial charge >= 0.3 is 0 Å². The van der Waals surface area contributed by atoms with Crippen LogP contribution in [0.2, 0.25) is 0 Å². The summed E-state index contributed by atoms with van der Waals surface area (Å²) < 4.78 is 0. The maximum atomic E-state index is 12.5. The molecule has 0 aromatic rings. The molecule has 0 aliphatic carbocycles. The Kier molecular flexibility index (Phi) is 8.14. The monoisotopic (exact) mass is 272 g/mol. The molecule has 6 nitrogen and oxygen atoms in total. The summed E-state index contributed by atoms with van der Waals surface area (Å²) in [5.41, 5.74) is 5.64. The van der Waals surface area contributed by atoms with Gasteiger partial charge in [0.1, 0.15) is 0 Å². The lowest BCUT2D eigenvalue weighted by atomic mass is 10.00. The van der Waals surface area contributed by atoms with Gasteiger partial charge in [-0.3, -0.25) is 4.79 Å². The van der Waals surface area contributed by atoms with Gasteiger partial charge in [0.2, 0.25) is 5.91 Å². The third-order valence-corrected chi connectivity index (χ3v) is 3.13. The molecule has 6 heteroatoms. The Morgan fingerprint density at radius 1 is 1.37 bits per heavy atom. The van der Waals surface area contributed by atoms with Crippen molar-refractivity contribution in [1.29, 1.82) is 0 Å². The first-order valence-corrected chi connectivity index (χ1v) is 6.81. The lowest BCUT2D eigenvalue weighted by molar-refractivity contribution is -0.135. The second-order valence-electron chi connectivity index (χ2n) is 5.10. The highest BCUT2D eigenvalue weighted by Crippen LogP contribution is 2.14. The summed E-state index contributed by atoms with van der Waals surface area (Å²) in [6, 6.07) is 0.0957. The lowest BCUT2D eigenvalue weighted by Gasteiger charge is -2.32. The first kappa shape index (κ1) is 17.7. The van der Waals surface area contributed by atoms with Gasteiger partial charge in [-0.05, 0) is 34.4 Å². The van der Waals surface area contributed by atoms with E-state index in [1.54, 1.807) is 4.90 Å². The number of amides is 1. The SMILES string of the molecule is CCCC(C(=O)N(CC)C(C)CN(C)C)C(N)=NO. The van der Waals surface area contributed by atoms with E-state index in [1.807, 2.05) is 39.8 Å². The molecule has 0 aromatic carbocycles. The van der Waals surface area contributed by atoms with Crippen molar-refractivity contribution in [1.82, 2.24) is 9.80 Å². The van der Waals surface area contributed by atoms with Crippen LogP contribution in [0.1, 0.15) is 33.6 Å². The van der Waals surface area contributed by atoms with Gasteiger partial charge in [-0.25, -0.2) is 0 Å². The predicted molar refractivity (Wildman–Crippen MR) is 77.2 cm³/mol. The third-order valence-electron chi connectivity index (χ3n) is 3.13. The van der Waals surface area contributed by atoms with Crippen LogP contribution >= 0.6 is 0 Å². The lowest BCUT2D eigenvalue weighted by Crippen LogP contribution is -2.48. The molecule has 0 saturated heterocycles. The van der Waals surface area contributed by atoms with Gasteiger partial charge in [0.25, 0.3) is 0 Å². The van der Waals surface area contributed by atoms with Gasteiger partial charge in [-0.1, -0.05) is 18.5 Å². The van der Waals surface area contributed by atoms with Gasteiger partial charge < -0.3 is 20.7 Å². The minimum atomic E-state index is -0.528. The molecule has 0 spiro atoms. The Labute approximate surface area is 116 Å². The minimum absolute atomic E-state index is 0.00218. The molecule has 2 atom stereocenters. The third kappa shape index (κ3) is 5.46. The zero-order valence-corrected chi connectivity index (χ0v) is 12.8. The number of rotatable bonds is 8. The molecule has 19 heavy (non-hydrogen) atoms. The predicted octanol–water partition coefficient (Wildman–Crippen LogP) is 0.948. The number of nitrogens with two attached hydrogens (primary N) is 1. The molecule has 0 radical (unpaired) electrons. The van der Waals surface area contributed by atoms with Crippen LogP contribution in [0.5, 0.6) is 0 Å². The van der Waals surface area contributed by atoms with Crippen LogP contribution in [0.4, 0.5) is 0 Å². The molecule has 3 N–H and O–H groups in total. The molecule has 0 aromatic heterocycles. The molecule has 0 saturated carbocycles. The largest absolute Gasteiger partial charge is 0.409 e. The van der Waals surface area contributed by atoms with E-state index < -0.39 is 5.92 Å². The number of likely N-dealkylation sites (N-methyl/N-ethyl adjacent to an activating group) is 2. The van der Waals surface area contributed by atoms with Gasteiger partial charge in [0, 0.05) is 19.1 Å². The van der Waals surface area contributed by atoms with Crippen LogP contribution in [0.25, 0.3) is 0 Å². The van der Waals surface area contributed by atoms with E-state index in [0.29, 0.717) is 13.0 Å². The summed E-state index contributed by atoms with van der Waals surface area (Å²) >= 11 is 0. The van der Waals surface area contributed by atoms with E-state index >= 15 is 0 Å². The first-order valence-electron chi connectivity index (χ1n) is 6.81. The van der Waals surface area contributed by atoms with Crippen LogP contribution in [0.15, 0.2) is 5.16 Å². The van der Waals surface area contributed by atoms with Crippen LogP contribution in [-0.2, 0) is 4.79 Å². The molecule has 0 bridgehead atoms. The fourth-order valence-electron chi connectivity index (χ4n) is 2.27. The molecule has 0 aliphatic heterocycles. The summed E-state index contributed by atoms with van der Waals surface area (Å²) in [7, 11) is 3.95. The Morgan fingerprint density at radius 3 is 2.32 bits per heavy atom. The van der Waals surface area contributed by atoms with Crippen LogP contribution in [0, 0.1) is 5.92 Å². The normalized spacial score (nSPS) is 15.4. The van der Waals surface area contributed by atoms with Crippen LogP contribution in [0.3, 0.4) is 0 Å². The Balaban J connectivity index is 4.96. The van der Waals surface area contributed by atoms with Crippen molar-refractivity contribution in [2.24, 2.45) is 16.8 Å². The van der Waals surface area contributed by atoms with E-state index in [2.05, 4.69) is 5.16 Å². The van der Waals surface area contributed by atoms with Crippen molar-refractivity contribution in [3.05, 3.63) is 0 Å². The zero-order chi connectivity index (χ0) is 15.0. The number of amidine groups is 1. The fourth-order valence-corrected chi connectivity index (χ4v) is 2.27. The van der Waals surface area contributed by atoms with Crippen molar-refractivity contribution in [2.75, 3.05) is 27.2 Å². The molecule has 0 fully saturated rings. The molecular formula is C13H28N4O2. The van der Waals surface area contributed by atoms with Crippen molar-refractivity contribution in [3.63, 3.8) is 0 Å². The molecule has 0 heterocycles. The molecule has 112 valence electrons. The van der Waals surface area contributed by atoms with Crippen molar-refractivity contribution < 1.29 is 10.0 Å². The summed E-state index contributed by atoms with van der Waals surface area (Å²) in [6.45, 7) is 7.34. The summed E-state index contributed by atoms with van der Waals surface area (Å²) in [6.07, 6.45) is 1.41. The minimum Gasteiger partial charge on any atom is -0.409 e. The van der Waals surface area contributed by atoms with Gasteiger partial charge in [0.15, 0.2) is 5.84 Å². The molecule has 2 unspecified atom stereocenters. The maximum Gasteiger partial charge on any atom is 0.233 e. The smallest absolute Gasteiger partial charge is 0.233 e. The number of nitrogens with zero attached hydrogens (tertiary/aromatic N) is 3. The van der Waals surface area contributed by atoms with Gasteiger partial charge in [-0.15, -0.1) is 0 Å². The second kappa shape index (κ2) is 8.74. The summed E-state index contributed by atoms with van der Waals surface area (Å²) in [5.74, 6) is -0.587. The maximum absolute atomic E-state index is 12.5. The number of oxime groups is 1. The van der Waals surface area contributed by atoms with E-state index in [9.17, 15) is 4.79 Å². The first-order chi connectivity index (χ1) is 8.88. The highest BCUT2D eigenvalue weighted by Gasteiger charge is 2.29. The number of hydrogen-bond donors (Lipinski definition) is 2. The Bertz CT molecular complexity index is 305. The Morgan fingerprint density at radius 2 is 1.95 bits per heavy atom. The van der Waals surface area contributed by atoms with Crippen molar-refractivity contribution in [3.8, 4) is 0 Å². The van der Waals surface area contributed by atoms with Crippen molar-refractivity contribution in [2.45, 2.75) is 39.7 Å². The number of hydrogen-bond acceptors (Lipinski definition) is 4. The second-order valence-corrected chi connectivity index (χ2v) is 5.10. The number of carbonyl (C=O) groups is 1. The van der Waals surface area contributed by atoms with Gasteiger partial charge in [-0.2, -0.15) is 0 Å². The molecule has 0 rings (SSSR count). The topological polar surface area (TPSA) is 82.2 Å². The molecule has 0 aliphatic rings. The summed E-state index contributed by atoms with van der Waals surface area (Å²) in [4.78, 5) is 16.4. The zero-order valence-electron chi connectivity index (χ0n) is 12.8. The summed E-state index contributed by atoms with van der Waals surface area (Å²) in [5, 5.41) is 11.8. The average molecular weight is 272 g/mol. The average Bonchev–Trinajstić information content (AvgIpc) is 2.34. The molecule has 1 amide bonds. The molecular weight excluding hydrogens is 244 g/mol. The van der Waals surface area contributed by atoms with Gasteiger partial charge in [0.05, 0.1) is 5.92 Å². The standard InChI is InChI=1S/C13H28N4O2/c1-6-8-11(12(14)15-19)13(18)17(7-2)10(3)9-16(4)5/h10-11,19H,6-9H2,1-5H3,(H2,14,15). The van der Waals surface area contributed by atoms with E-state index in [4.69, 9.17) is 10.9 Å². The highest BCUT2D eigenvalue weighted by atomic mass is 16.4. The quantitative estimate of drug-likeness (QED) is 0.298. The number of carbonyl (C=O) groups excluding carboxylic acids is 1. The van der Waals surface area contributed by atoms with Crippen LogP contribution in [-0.4, -0.2) is 60.0 Å². The van der Waals surface area contributed by atoms with E-state index in [1.165, 1.54) is 0 Å². The van der Waals surface area contributed by atoms with Crippen LogP contribution < -0.4 is 5.73 Å². The van der Waals surface area contributed by atoms with E-state index in [0.717, 1.165) is 13.0 Å².